The molecule has 2 aliphatic carbocycles. The van der Waals surface area contributed by atoms with Gasteiger partial charge in [-0.2, -0.15) is 0 Å². The molecule has 0 aliphatic heterocycles. The summed E-state index contributed by atoms with van der Waals surface area (Å²) >= 11 is 0. The van der Waals surface area contributed by atoms with Crippen LogP contribution in [-0.4, -0.2) is 16.0 Å². The third kappa shape index (κ3) is 4.62. The first-order valence-corrected chi connectivity index (χ1v) is 13.4. The fourth-order valence-electron chi connectivity index (χ4n) is 6.54. The Kier molecular flexibility index (Phi) is 7.36. The lowest BCUT2D eigenvalue weighted by atomic mass is 9.73. The average molecular weight is 463 g/mol. The highest BCUT2D eigenvalue weighted by molar-refractivity contribution is 6.11. The Hall–Kier alpha value is -1.97. The van der Waals surface area contributed by atoms with Gasteiger partial charge in [-0.15, -0.1) is 0 Å². The Balaban J connectivity index is 1.85. The first-order chi connectivity index (χ1) is 16.2. The van der Waals surface area contributed by atoms with Gasteiger partial charge >= 0.3 is 0 Å². The Bertz CT molecular complexity index is 939. The van der Waals surface area contributed by atoms with E-state index in [0.29, 0.717) is 11.1 Å². The summed E-state index contributed by atoms with van der Waals surface area (Å²) in [5.41, 5.74) is 3.51. The summed E-state index contributed by atoms with van der Waals surface area (Å²) in [6.07, 6.45) is 9.41. The molecule has 2 N–H and O–H groups in total. The molecule has 3 heteroatoms. The molecule has 2 fully saturated rings. The minimum atomic E-state index is -0.853. The standard InChI is InChI=1S/C31H42O3/c1-21(2)27-23(13-11-15-25(27)30(33)17-7-5-8-18-30)29(32)24-14-12-16-26(28(24)22(3)4)31(34)19-9-6-10-20-31/h11-16,21-22,33-34H,5-10,17-20H2,1-4H3. The van der Waals surface area contributed by atoms with Crippen molar-refractivity contribution in [1.82, 2.24) is 0 Å². The van der Waals surface area contributed by atoms with Crippen LogP contribution in [0.15, 0.2) is 36.4 Å². The molecular weight excluding hydrogens is 420 g/mol. The van der Waals surface area contributed by atoms with E-state index in [0.717, 1.165) is 86.5 Å². The lowest BCUT2D eigenvalue weighted by Gasteiger charge is -2.36. The zero-order chi connectivity index (χ0) is 24.5. The summed E-state index contributed by atoms with van der Waals surface area (Å²) in [7, 11) is 0. The van der Waals surface area contributed by atoms with Crippen LogP contribution in [0.5, 0.6) is 0 Å². The Morgan fingerprint density at radius 3 is 1.32 bits per heavy atom. The fourth-order valence-corrected chi connectivity index (χ4v) is 6.54. The summed E-state index contributed by atoms with van der Waals surface area (Å²) < 4.78 is 0. The number of benzene rings is 2. The normalized spacial score (nSPS) is 20.0. The van der Waals surface area contributed by atoms with E-state index in [1.165, 1.54) is 0 Å². The first-order valence-electron chi connectivity index (χ1n) is 13.4. The first kappa shape index (κ1) is 25.1. The zero-order valence-corrected chi connectivity index (χ0v) is 21.5. The molecule has 2 aromatic carbocycles. The van der Waals surface area contributed by atoms with E-state index >= 15 is 0 Å². The van der Waals surface area contributed by atoms with Gasteiger partial charge in [-0.05, 0) is 59.8 Å². The molecule has 2 aliphatic rings. The number of ketones is 1. The van der Waals surface area contributed by atoms with Crippen molar-refractivity contribution in [2.45, 2.75) is 115 Å². The molecule has 4 rings (SSSR count). The van der Waals surface area contributed by atoms with Gasteiger partial charge in [0, 0.05) is 11.1 Å². The van der Waals surface area contributed by atoms with Gasteiger partial charge in [-0.1, -0.05) is 103 Å². The number of carbonyl (C=O) groups excluding carboxylic acids is 1. The molecule has 0 aromatic heterocycles. The van der Waals surface area contributed by atoms with Crippen molar-refractivity contribution in [2.24, 2.45) is 0 Å². The smallest absolute Gasteiger partial charge is 0.193 e. The molecule has 0 amide bonds. The number of hydrogen-bond donors (Lipinski definition) is 2. The predicted octanol–water partition coefficient (Wildman–Crippen LogP) is 7.47. The molecule has 34 heavy (non-hydrogen) atoms. The van der Waals surface area contributed by atoms with E-state index in [1.54, 1.807) is 0 Å². The molecule has 0 saturated heterocycles. The molecule has 2 aromatic rings. The third-order valence-corrected chi connectivity index (χ3v) is 8.22. The maximum absolute atomic E-state index is 14.2. The quantitative estimate of drug-likeness (QED) is 0.438. The molecule has 0 atom stereocenters. The lowest BCUT2D eigenvalue weighted by Crippen LogP contribution is -2.31. The summed E-state index contributed by atoms with van der Waals surface area (Å²) in [6.45, 7) is 8.47. The van der Waals surface area contributed by atoms with Gasteiger partial charge < -0.3 is 10.2 Å². The number of hydrogen-bond acceptors (Lipinski definition) is 3. The highest BCUT2D eigenvalue weighted by Gasteiger charge is 2.37. The van der Waals surface area contributed by atoms with E-state index in [1.807, 2.05) is 36.4 Å². The minimum absolute atomic E-state index is 0.00918. The van der Waals surface area contributed by atoms with Crippen LogP contribution in [0.25, 0.3) is 0 Å². The highest BCUT2D eigenvalue weighted by Crippen LogP contribution is 2.44. The van der Waals surface area contributed by atoms with Crippen molar-refractivity contribution in [3.63, 3.8) is 0 Å². The Morgan fingerprint density at radius 2 is 1.00 bits per heavy atom. The molecule has 2 saturated carbocycles. The van der Waals surface area contributed by atoms with E-state index < -0.39 is 11.2 Å². The lowest BCUT2D eigenvalue weighted by molar-refractivity contribution is -0.00191. The molecule has 0 unspecified atom stereocenters. The average Bonchev–Trinajstić information content (AvgIpc) is 2.83. The maximum Gasteiger partial charge on any atom is 0.193 e. The molecule has 0 bridgehead atoms. The largest absolute Gasteiger partial charge is 0.385 e. The maximum atomic E-state index is 14.2. The topological polar surface area (TPSA) is 57.5 Å². The fraction of sp³-hybridized carbons (Fsp3) is 0.581. The molecule has 3 nitrogen and oxygen atoms in total. The Labute approximate surface area is 205 Å². The van der Waals surface area contributed by atoms with Gasteiger partial charge in [0.15, 0.2) is 5.78 Å². The summed E-state index contributed by atoms with van der Waals surface area (Å²) in [5.74, 6) is 0.249. The summed E-state index contributed by atoms with van der Waals surface area (Å²) in [4.78, 5) is 14.2. The monoisotopic (exact) mass is 462 g/mol. The molecule has 184 valence electrons. The van der Waals surface area contributed by atoms with Gasteiger partial charge in [0.25, 0.3) is 0 Å². The van der Waals surface area contributed by atoms with Crippen LogP contribution in [0, 0.1) is 0 Å². The molecule has 0 heterocycles. The number of aliphatic hydroxyl groups is 2. The number of rotatable bonds is 6. The molecule has 0 spiro atoms. The van der Waals surface area contributed by atoms with E-state index in [9.17, 15) is 15.0 Å². The van der Waals surface area contributed by atoms with Crippen LogP contribution in [0.1, 0.15) is 142 Å². The third-order valence-electron chi connectivity index (χ3n) is 8.22. The predicted molar refractivity (Wildman–Crippen MR) is 138 cm³/mol. The van der Waals surface area contributed by atoms with Gasteiger partial charge in [0.05, 0.1) is 11.2 Å². The summed E-state index contributed by atoms with van der Waals surface area (Å²) in [5, 5.41) is 23.2. The van der Waals surface area contributed by atoms with Crippen molar-refractivity contribution in [3.05, 3.63) is 69.8 Å². The van der Waals surface area contributed by atoms with Crippen molar-refractivity contribution in [2.75, 3.05) is 0 Å². The van der Waals surface area contributed by atoms with Crippen LogP contribution < -0.4 is 0 Å². The van der Waals surface area contributed by atoms with Gasteiger partial charge in [-0.25, -0.2) is 0 Å². The Morgan fingerprint density at radius 1 is 0.647 bits per heavy atom. The van der Waals surface area contributed by atoms with E-state index in [4.69, 9.17) is 0 Å². The second kappa shape index (κ2) is 9.95. The van der Waals surface area contributed by atoms with Crippen molar-refractivity contribution >= 4 is 5.78 Å². The van der Waals surface area contributed by atoms with Crippen LogP contribution in [0.3, 0.4) is 0 Å². The molecule has 0 radical (unpaired) electrons. The zero-order valence-electron chi connectivity index (χ0n) is 21.5. The second-order valence-electron chi connectivity index (χ2n) is 11.4. The second-order valence-corrected chi connectivity index (χ2v) is 11.4. The van der Waals surface area contributed by atoms with Gasteiger partial charge in [-0.3, -0.25) is 4.79 Å². The summed E-state index contributed by atoms with van der Waals surface area (Å²) in [6, 6.07) is 11.8. The molecular formula is C31H42O3. The SMILES string of the molecule is CC(C)c1c(C(=O)c2cccc(C3(O)CCCCC3)c2C(C)C)cccc1C1(O)CCCCC1. The van der Waals surface area contributed by atoms with E-state index in [2.05, 4.69) is 27.7 Å². The minimum Gasteiger partial charge on any atom is -0.385 e. The van der Waals surface area contributed by atoms with Crippen LogP contribution >= 0.6 is 0 Å². The highest BCUT2D eigenvalue weighted by atomic mass is 16.3. The van der Waals surface area contributed by atoms with Crippen molar-refractivity contribution in [3.8, 4) is 0 Å². The van der Waals surface area contributed by atoms with Crippen LogP contribution in [0.2, 0.25) is 0 Å². The van der Waals surface area contributed by atoms with E-state index in [-0.39, 0.29) is 17.6 Å². The number of carbonyl (C=O) groups is 1. The van der Waals surface area contributed by atoms with Gasteiger partial charge in [0.1, 0.15) is 0 Å². The van der Waals surface area contributed by atoms with Crippen molar-refractivity contribution < 1.29 is 15.0 Å². The van der Waals surface area contributed by atoms with Gasteiger partial charge in [0.2, 0.25) is 0 Å². The van der Waals surface area contributed by atoms with Crippen molar-refractivity contribution in [1.29, 1.82) is 0 Å². The van der Waals surface area contributed by atoms with Crippen LogP contribution in [-0.2, 0) is 11.2 Å². The van der Waals surface area contributed by atoms with Crippen LogP contribution in [0.4, 0.5) is 0 Å².